The average Bonchev–Trinajstić information content (AvgIpc) is 2.38. The molecule has 2 rings (SSSR count). The molecule has 0 aliphatic rings. The van der Waals surface area contributed by atoms with Gasteiger partial charge in [-0.3, -0.25) is 0 Å². The fraction of sp³-hybridized carbons (Fsp3) is 0.188. The van der Waals surface area contributed by atoms with Crippen LogP contribution in [-0.4, -0.2) is 4.99 Å². The number of thiocarbonyl (C=S) groups is 1. The molecular weight excluding hydrogens is 290 g/mol. The highest BCUT2D eigenvalue weighted by molar-refractivity contribution is 7.80. The number of benzene rings is 2. The summed E-state index contributed by atoms with van der Waals surface area (Å²) in [4.78, 5) is 0.290. The summed E-state index contributed by atoms with van der Waals surface area (Å²) >= 11 is 11.1. The summed E-state index contributed by atoms with van der Waals surface area (Å²) in [6.07, 6.45) is 0. The predicted molar refractivity (Wildman–Crippen MR) is 87.9 cm³/mol. The molecule has 0 spiro atoms. The third kappa shape index (κ3) is 3.30. The Balaban J connectivity index is 2.45. The summed E-state index contributed by atoms with van der Waals surface area (Å²) in [6.45, 7) is 4.24. The molecule has 0 saturated heterocycles. The molecule has 0 aliphatic heterocycles. The van der Waals surface area contributed by atoms with E-state index in [0.29, 0.717) is 27.2 Å². The summed E-state index contributed by atoms with van der Waals surface area (Å²) in [5, 5.41) is 0.585. The van der Waals surface area contributed by atoms with E-state index in [1.807, 2.05) is 24.3 Å². The number of ether oxygens (including phenoxy) is 1. The molecule has 4 heteroatoms. The summed E-state index contributed by atoms with van der Waals surface area (Å²) in [5.41, 5.74) is 7.53. The topological polar surface area (TPSA) is 35.2 Å². The Morgan fingerprint density at radius 2 is 1.85 bits per heavy atom. The summed E-state index contributed by atoms with van der Waals surface area (Å²) < 4.78 is 5.99. The molecule has 0 aliphatic carbocycles. The van der Waals surface area contributed by atoms with Crippen LogP contribution in [-0.2, 0) is 0 Å². The van der Waals surface area contributed by atoms with Crippen LogP contribution in [0.25, 0.3) is 0 Å². The van der Waals surface area contributed by atoms with Gasteiger partial charge in [-0.05, 0) is 29.7 Å². The molecule has 20 heavy (non-hydrogen) atoms. The van der Waals surface area contributed by atoms with Crippen molar-refractivity contribution in [3.63, 3.8) is 0 Å². The van der Waals surface area contributed by atoms with Crippen LogP contribution in [0.2, 0.25) is 5.02 Å². The second kappa shape index (κ2) is 6.25. The van der Waals surface area contributed by atoms with E-state index < -0.39 is 0 Å². The van der Waals surface area contributed by atoms with Gasteiger partial charge in [0.1, 0.15) is 16.5 Å². The second-order valence-electron chi connectivity index (χ2n) is 4.80. The van der Waals surface area contributed by atoms with Crippen molar-refractivity contribution >= 4 is 28.8 Å². The highest BCUT2D eigenvalue weighted by Gasteiger charge is 2.12. The van der Waals surface area contributed by atoms with E-state index in [4.69, 9.17) is 34.3 Å². The Labute approximate surface area is 129 Å². The van der Waals surface area contributed by atoms with Crippen molar-refractivity contribution in [2.45, 2.75) is 19.8 Å². The molecule has 0 aromatic heterocycles. The number of hydrogen-bond acceptors (Lipinski definition) is 2. The minimum Gasteiger partial charge on any atom is -0.456 e. The van der Waals surface area contributed by atoms with E-state index in [1.165, 1.54) is 0 Å². The highest BCUT2D eigenvalue weighted by Crippen LogP contribution is 2.33. The van der Waals surface area contributed by atoms with Crippen LogP contribution in [0, 0.1) is 0 Å². The van der Waals surface area contributed by atoms with Crippen LogP contribution >= 0.6 is 23.8 Å². The van der Waals surface area contributed by atoms with Gasteiger partial charge in [0.25, 0.3) is 0 Å². The third-order valence-electron chi connectivity index (χ3n) is 2.97. The maximum absolute atomic E-state index is 6.03. The Morgan fingerprint density at radius 1 is 1.15 bits per heavy atom. The molecule has 0 fully saturated rings. The fourth-order valence-electron chi connectivity index (χ4n) is 1.95. The maximum Gasteiger partial charge on any atom is 0.139 e. The molecule has 0 bridgehead atoms. The van der Waals surface area contributed by atoms with E-state index >= 15 is 0 Å². The zero-order chi connectivity index (χ0) is 14.7. The molecule has 2 aromatic rings. The van der Waals surface area contributed by atoms with Crippen LogP contribution in [0.1, 0.15) is 30.9 Å². The molecule has 0 amide bonds. The Morgan fingerprint density at radius 3 is 2.50 bits per heavy atom. The zero-order valence-corrected chi connectivity index (χ0v) is 13.0. The van der Waals surface area contributed by atoms with E-state index in [0.717, 1.165) is 11.3 Å². The van der Waals surface area contributed by atoms with Gasteiger partial charge < -0.3 is 10.5 Å². The maximum atomic E-state index is 6.03. The van der Waals surface area contributed by atoms with Gasteiger partial charge in [0, 0.05) is 11.1 Å². The van der Waals surface area contributed by atoms with Gasteiger partial charge in [-0.2, -0.15) is 0 Å². The predicted octanol–water partition coefficient (Wildman–Crippen LogP) is 4.89. The van der Waals surface area contributed by atoms with Gasteiger partial charge in [0.15, 0.2) is 0 Å². The molecule has 2 nitrogen and oxygen atoms in total. The van der Waals surface area contributed by atoms with Crippen molar-refractivity contribution < 1.29 is 4.74 Å². The van der Waals surface area contributed by atoms with Gasteiger partial charge in [-0.15, -0.1) is 0 Å². The smallest absolute Gasteiger partial charge is 0.139 e. The van der Waals surface area contributed by atoms with Crippen LogP contribution in [0.15, 0.2) is 42.5 Å². The van der Waals surface area contributed by atoms with Crippen molar-refractivity contribution in [3.8, 4) is 11.5 Å². The minimum atomic E-state index is 0.290. The molecule has 0 unspecified atom stereocenters. The lowest BCUT2D eigenvalue weighted by atomic mass is 10.0. The van der Waals surface area contributed by atoms with Crippen LogP contribution in [0.3, 0.4) is 0 Å². The van der Waals surface area contributed by atoms with E-state index in [2.05, 4.69) is 13.8 Å². The molecule has 2 N–H and O–H groups in total. The summed E-state index contributed by atoms with van der Waals surface area (Å²) in [6, 6.07) is 13.2. The molecule has 0 atom stereocenters. The van der Waals surface area contributed by atoms with Gasteiger partial charge in [0.05, 0.1) is 5.56 Å². The van der Waals surface area contributed by atoms with Crippen molar-refractivity contribution in [1.29, 1.82) is 0 Å². The molecule has 0 radical (unpaired) electrons. The normalized spacial score (nSPS) is 10.6. The average molecular weight is 306 g/mol. The molecule has 0 heterocycles. The first kappa shape index (κ1) is 14.8. The Kier molecular flexibility index (Phi) is 4.63. The summed E-state index contributed by atoms with van der Waals surface area (Å²) in [7, 11) is 0. The monoisotopic (exact) mass is 305 g/mol. The first-order chi connectivity index (χ1) is 9.49. The number of halogens is 1. The summed E-state index contributed by atoms with van der Waals surface area (Å²) in [5.74, 6) is 1.74. The van der Waals surface area contributed by atoms with Crippen LogP contribution < -0.4 is 10.5 Å². The zero-order valence-electron chi connectivity index (χ0n) is 11.4. The lowest BCUT2D eigenvalue weighted by molar-refractivity contribution is 0.472. The lowest BCUT2D eigenvalue weighted by Gasteiger charge is -2.15. The van der Waals surface area contributed by atoms with Crippen molar-refractivity contribution in [2.75, 3.05) is 0 Å². The molecule has 104 valence electrons. The SMILES string of the molecule is CC(C)c1ccccc1Oc1cc(Cl)ccc1C(N)=S. The van der Waals surface area contributed by atoms with E-state index in [1.54, 1.807) is 18.2 Å². The quantitative estimate of drug-likeness (QED) is 0.817. The lowest BCUT2D eigenvalue weighted by Crippen LogP contribution is -2.10. The third-order valence-corrected chi connectivity index (χ3v) is 3.43. The first-order valence-electron chi connectivity index (χ1n) is 6.35. The molecule has 2 aromatic carbocycles. The van der Waals surface area contributed by atoms with Gasteiger partial charge in [0.2, 0.25) is 0 Å². The molecular formula is C16H16ClNOS. The second-order valence-corrected chi connectivity index (χ2v) is 5.68. The van der Waals surface area contributed by atoms with Crippen molar-refractivity contribution in [2.24, 2.45) is 5.73 Å². The van der Waals surface area contributed by atoms with Crippen LogP contribution in [0.5, 0.6) is 11.5 Å². The highest BCUT2D eigenvalue weighted by atomic mass is 35.5. The largest absolute Gasteiger partial charge is 0.456 e. The van der Waals surface area contributed by atoms with Crippen molar-refractivity contribution in [3.05, 3.63) is 58.6 Å². The standard InChI is InChI=1S/C16H16ClNOS/c1-10(2)12-5-3-4-6-14(12)19-15-9-11(17)7-8-13(15)16(18)20/h3-10H,1-2H3,(H2,18,20). The minimum absolute atomic E-state index is 0.290. The fourth-order valence-corrected chi connectivity index (χ4v) is 2.28. The first-order valence-corrected chi connectivity index (χ1v) is 7.14. The Bertz CT molecular complexity index is 640. The van der Waals surface area contributed by atoms with Gasteiger partial charge >= 0.3 is 0 Å². The van der Waals surface area contributed by atoms with E-state index in [-0.39, 0.29) is 0 Å². The van der Waals surface area contributed by atoms with Crippen LogP contribution in [0.4, 0.5) is 0 Å². The number of para-hydroxylation sites is 1. The number of rotatable bonds is 4. The van der Waals surface area contributed by atoms with E-state index in [9.17, 15) is 0 Å². The molecule has 0 saturated carbocycles. The Hall–Kier alpha value is -1.58. The van der Waals surface area contributed by atoms with Gasteiger partial charge in [-0.1, -0.05) is 55.9 Å². The number of hydrogen-bond donors (Lipinski definition) is 1. The van der Waals surface area contributed by atoms with Gasteiger partial charge in [-0.25, -0.2) is 0 Å². The number of nitrogens with two attached hydrogens (primary N) is 1. The van der Waals surface area contributed by atoms with Crippen molar-refractivity contribution in [1.82, 2.24) is 0 Å².